The van der Waals surface area contributed by atoms with Crippen molar-refractivity contribution in [3.05, 3.63) is 94.3 Å². The second kappa shape index (κ2) is 7.08. The molecule has 0 bridgehead atoms. The summed E-state index contributed by atoms with van der Waals surface area (Å²) in [7, 11) is 1.64. The Morgan fingerprint density at radius 3 is 2.55 bits per heavy atom. The van der Waals surface area contributed by atoms with E-state index in [0.717, 1.165) is 33.9 Å². The van der Waals surface area contributed by atoms with Crippen molar-refractivity contribution in [2.45, 2.75) is 18.7 Å². The summed E-state index contributed by atoms with van der Waals surface area (Å²) in [5, 5.41) is 7.50. The molecule has 3 aromatic rings. The van der Waals surface area contributed by atoms with Crippen LogP contribution in [0, 0.1) is 5.82 Å². The van der Waals surface area contributed by atoms with E-state index in [2.05, 4.69) is 0 Å². The number of ether oxygens (including phenoxy) is 2. The third kappa shape index (κ3) is 3.21. The second-order valence-electron chi connectivity index (χ2n) is 7.08. The van der Waals surface area contributed by atoms with E-state index in [4.69, 9.17) is 26.2 Å². The quantitative estimate of drug-likeness (QED) is 0.555. The van der Waals surface area contributed by atoms with Gasteiger partial charge in [0.25, 0.3) is 0 Å². The summed E-state index contributed by atoms with van der Waals surface area (Å²) in [5.74, 6) is 1.32. The van der Waals surface area contributed by atoms with Gasteiger partial charge in [-0.15, -0.1) is 0 Å². The second-order valence-corrected chi connectivity index (χ2v) is 7.52. The Hall–Kier alpha value is -3.05. The van der Waals surface area contributed by atoms with Gasteiger partial charge in [0.1, 0.15) is 17.3 Å². The van der Waals surface area contributed by atoms with Crippen molar-refractivity contribution in [3.8, 4) is 11.5 Å². The predicted octanol–water partition coefficient (Wildman–Crippen LogP) is 5.73. The summed E-state index contributed by atoms with van der Waals surface area (Å²) in [6.45, 7) is 0. The molecule has 0 saturated heterocycles. The number of hydrazone groups is 1. The van der Waals surface area contributed by atoms with Gasteiger partial charge in [0.05, 0.1) is 18.9 Å². The molecule has 2 atom stereocenters. The number of hydrogen-bond acceptors (Lipinski definition) is 4. The monoisotopic (exact) mass is 408 g/mol. The van der Waals surface area contributed by atoms with Crippen LogP contribution < -0.4 is 9.47 Å². The number of methoxy groups -OCH3 is 1. The van der Waals surface area contributed by atoms with Crippen LogP contribution in [-0.2, 0) is 0 Å². The zero-order chi connectivity index (χ0) is 20.0. The molecule has 146 valence electrons. The largest absolute Gasteiger partial charge is 0.497 e. The molecule has 0 radical (unpaired) electrons. The highest BCUT2D eigenvalue weighted by atomic mass is 35.5. The minimum Gasteiger partial charge on any atom is -0.497 e. The average Bonchev–Trinajstić information content (AvgIpc) is 3.20. The maximum absolute atomic E-state index is 13.4. The molecule has 0 spiro atoms. The molecule has 0 aliphatic carbocycles. The summed E-state index contributed by atoms with van der Waals surface area (Å²) in [5.41, 5.74) is 3.77. The molecular formula is C23H18ClFN2O2. The third-order valence-electron chi connectivity index (χ3n) is 5.33. The fraction of sp³-hybridized carbons (Fsp3) is 0.174. The molecular weight excluding hydrogens is 391 g/mol. The zero-order valence-corrected chi connectivity index (χ0v) is 16.4. The molecule has 6 heteroatoms. The van der Waals surface area contributed by atoms with Crippen LogP contribution in [0.1, 0.15) is 35.4 Å². The van der Waals surface area contributed by atoms with Crippen LogP contribution >= 0.6 is 11.6 Å². The Morgan fingerprint density at radius 2 is 1.83 bits per heavy atom. The molecule has 2 aliphatic heterocycles. The first-order valence-electron chi connectivity index (χ1n) is 9.34. The molecule has 29 heavy (non-hydrogen) atoms. The average molecular weight is 409 g/mol. The number of benzene rings is 3. The van der Waals surface area contributed by atoms with Gasteiger partial charge in [-0.1, -0.05) is 23.7 Å². The summed E-state index contributed by atoms with van der Waals surface area (Å²) < 4.78 is 25.0. The lowest BCUT2D eigenvalue weighted by Gasteiger charge is -2.38. The van der Waals surface area contributed by atoms with E-state index in [0.29, 0.717) is 11.4 Å². The molecule has 3 aromatic carbocycles. The molecule has 2 aliphatic rings. The van der Waals surface area contributed by atoms with E-state index in [9.17, 15) is 4.39 Å². The van der Waals surface area contributed by atoms with Crippen molar-refractivity contribution in [2.24, 2.45) is 5.10 Å². The van der Waals surface area contributed by atoms with Crippen LogP contribution in [0.4, 0.5) is 4.39 Å². The Bertz CT molecular complexity index is 1080. The van der Waals surface area contributed by atoms with Crippen LogP contribution in [0.15, 0.2) is 71.8 Å². The van der Waals surface area contributed by atoms with Gasteiger partial charge in [-0.25, -0.2) is 9.40 Å². The molecule has 0 fully saturated rings. The van der Waals surface area contributed by atoms with Gasteiger partial charge < -0.3 is 9.47 Å². The molecule has 0 N–H and O–H groups in total. The summed E-state index contributed by atoms with van der Waals surface area (Å²) in [4.78, 5) is 0. The highest BCUT2D eigenvalue weighted by Crippen LogP contribution is 2.48. The van der Waals surface area contributed by atoms with Crippen LogP contribution in [0.3, 0.4) is 0 Å². The SMILES string of the molecule is COc1ccc([C@@H]2Oc3ccc(Cl)cc3[C@@H]3CC(c4ccc(F)cc4)=NN32)cc1. The normalized spacial score (nSPS) is 19.8. The predicted molar refractivity (Wildman–Crippen MR) is 110 cm³/mol. The molecule has 0 unspecified atom stereocenters. The van der Waals surface area contributed by atoms with Gasteiger partial charge in [-0.2, -0.15) is 5.10 Å². The number of fused-ring (bicyclic) bond motifs is 3. The number of halogens is 2. The Kier molecular flexibility index (Phi) is 4.40. The molecule has 0 amide bonds. The highest BCUT2D eigenvalue weighted by Gasteiger charge is 2.41. The zero-order valence-electron chi connectivity index (χ0n) is 15.7. The van der Waals surface area contributed by atoms with E-state index < -0.39 is 0 Å². The van der Waals surface area contributed by atoms with Gasteiger partial charge in [0.15, 0.2) is 0 Å². The van der Waals surface area contributed by atoms with Crippen molar-refractivity contribution >= 4 is 17.3 Å². The van der Waals surface area contributed by atoms with Gasteiger partial charge in [-0.3, -0.25) is 0 Å². The lowest BCUT2D eigenvalue weighted by atomic mass is 9.96. The van der Waals surface area contributed by atoms with E-state index in [-0.39, 0.29) is 18.1 Å². The first kappa shape index (κ1) is 18.0. The van der Waals surface area contributed by atoms with Crippen molar-refractivity contribution < 1.29 is 13.9 Å². The summed E-state index contributed by atoms with van der Waals surface area (Å²) >= 11 is 6.26. The lowest BCUT2D eigenvalue weighted by Crippen LogP contribution is -2.33. The molecule has 5 rings (SSSR count). The maximum atomic E-state index is 13.4. The van der Waals surface area contributed by atoms with Crippen molar-refractivity contribution in [1.29, 1.82) is 0 Å². The van der Waals surface area contributed by atoms with Gasteiger partial charge in [0.2, 0.25) is 6.23 Å². The topological polar surface area (TPSA) is 34.1 Å². The van der Waals surface area contributed by atoms with E-state index >= 15 is 0 Å². The Balaban J connectivity index is 1.58. The minimum atomic E-state index is -0.377. The maximum Gasteiger partial charge on any atom is 0.213 e. The first-order chi connectivity index (χ1) is 14.1. The Morgan fingerprint density at radius 1 is 1.07 bits per heavy atom. The van der Waals surface area contributed by atoms with Gasteiger partial charge >= 0.3 is 0 Å². The Labute approximate surface area is 173 Å². The molecule has 0 saturated carbocycles. The number of nitrogens with zero attached hydrogens (tertiary/aromatic N) is 2. The third-order valence-corrected chi connectivity index (χ3v) is 5.57. The molecule has 2 heterocycles. The van der Waals surface area contributed by atoms with Crippen LogP contribution in [0.5, 0.6) is 11.5 Å². The van der Waals surface area contributed by atoms with Crippen molar-refractivity contribution in [1.82, 2.24) is 5.01 Å². The smallest absolute Gasteiger partial charge is 0.213 e. The number of hydrogen-bond donors (Lipinski definition) is 0. The fourth-order valence-corrected chi connectivity index (χ4v) is 4.04. The van der Waals surface area contributed by atoms with Crippen LogP contribution in [0.25, 0.3) is 0 Å². The van der Waals surface area contributed by atoms with Crippen LogP contribution in [-0.4, -0.2) is 17.8 Å². The standard InChI is InChI=1S/C23H18ClFN2O2/c1-28-18-9-4-15(5-10-18)23-27-21(19-12-16(24)6-11-22(19)29-23)13-20(26-27)14-2-7-17(25)8-3-14/h2-12,21,23H,13H2,1H3/t21-,23-/m0/s1. The van der Waals surface area contributed by atoms with E-state index in [1.165, 1.54) is 12.1 Å². The van der Waals surface area contributed by atoms with E-state index in [1.807, 2.05) is 47.5 Å². The van der Waals surface area contributed by atoms with Gasteiger partial charge in [-0.05, 0) is 60.2 Å². The van der Waals surface area contributed by atoms with Crippen molar-refractivity contribution in [3.63, 3.8) is 0 Å². The molecule has 0 aromatic heterocycles. The van der Waals surface area contributed by atoms with Gasteiger partial charge in [0, 0.05) is 22.6 Å². The summed E-state index contributed by atoms with van der Waals surface area (Å²) in [6, 6.07) is 19.9. The fourth-order valence-electron chi connectivity index (χ4n) is 3.86. The first-order valence-corrected chi connectivity index (χ1v) is 9.72. The van der Waals surface area contributed by atoms with E-state index in [1.54, 1.807) is 19.2 Å². The lowest BCUT2D eigenvalue weighted by molar-refractivity contribution is -0.0190. The molecule has 4 nitrogen and oxygen atoms in total. The highest BCUT2D eigenvalue weighted by molar-refractivity contribution is 6.30. The van der Waals surface area contributed by atoms with Crippen molar-refractivity contribution in [2.75, 3.05) is 7.11 Å². The summed E-state index contributed by atoms with van der Waals surface area (Å²) in [6.07, 6.45) is 0.312. The minimum absolute atomic E-state index is 0.00963. The number of rotatable bonds is 3. The van der Waals surface area contributed by atoms with Crippen LogP contribution in [0.2, 0.25) is 5.02 Å².